The first-order valence-electron chi connectivity index (χ1n) is 10.3. The number of nitrogens with one attached hydrogen (secondary N) is 1. The van der Waals surface area contributed by atoms with Crippen molar-refractivity contribution in [3.05, 3.63) is 57.6 Å². The minimum absolute atomic E-state index is 0.00122. The lowest BCUT2D eigenvalue weighted by Gasteiger charge is -2.27. The number of ketones is 1. The average molecular weight is 484 g/mol. The van der Waals surface area contributed by atoms with Gasteiger partial charge in [0, 0.05) is 5.41 Å². The number of rotatable bonds is 12. The lowest BCUT2D eigenvalue weighted by Crippen LogP contribution is -2.22. The molecule has 2 aromatic rings. The lowest BCUT2D eigenvalue weighted by atomic mass is 9.78. The quantitative estimate of drug-likeness (QED) is 0.346. The Morgan fingerprint density at radius 2 is 1.71 bits per heavy atom. The average Bonchev–Trinajstić information content (AvgIpc) is 2.75. The first-order valence-corrected chi connectivity index (χ1v) is 12.3. The molecule has 0 heterocycles. The summed E-state index contributed by atoms with van der Waals surface area (Å²) < 4.78 is 14.4. The van der Waals surface area contributed by atoms with Gasteiger partial charge in [0.25, 0.3) is 0 Å². The normalized spacial score (nSPS) is 12.5. The third-order valence-electron chi connectivity index (χ3n) is 5.32. The molecule has 31 heavy (non-hydrogen) atoms. The van der Waals surface area contributed by atoms with Crippen LogP contribution in [0.4, 0.5) is 0 Å². The van der Waals surface area contributed by atoms with Crippen LogP contribution >= 0.6 is 35.1 Å². The molecule has 0 bridgehead atoms. The molecule has 0 aliphatic carbocycles. The largest absolute Gasteiger partial charge is 0.490 e. The van der Waals surface area contributed by atoms with Crippen molar-refractivity contribution >= 4 is 40.9 Å². The van der Waals surface area contributed by atoms with Crippen molar-refractivity contribution in [3.63, 3.8) is 0 Å². The second-order valence-corrected chi connectivity index (χ2v) is 9.61. The molecule has 2 rings (SSSR count). The molecule has 0 amide bonds. The van der Waals surface area contributed by atoms with Gasteiger partial charge in [-0.1, -0.05) is 81.4 Å². The zero-order chi connectivity index (χ0) is 23.0. The summed E-state index contributed by atoms with van der Waals surface area (Å²) in [5.74, 6) is 1.62. The summed E-state index contributed by atoms with van der Waals surface area (Å²) in [4.78, 5) is 11.7. The topological polar surface area (TPSA) is 47.6 Å². The molecule has 1 atom stereocenters. The van der Waals surface area contributed by atoms with E-state index < -0.39 is 0 Å². The molecule has 170 valence electrons. The number of halogens is 2. The Bertz CT molecular complexity index is 849. The fourth-order valence-corrected chi connectivity index (χ4v) is 3.81. The van der Waals surface area contributed by atoms with Crippen molar-refractivity contribution < 1.29 is 14.3 Å². The van der Waals surface area contributed by atoms with Crippen molar-refractivity contribution in [1.29, 1.82) is 0 Å². The van der Waals surface area contributed by atoms with Crippen LogP contribution in [0.5, 0.6) is 11.5 Å². The van der Waals surface area contributed by atoms with Crippen LogP contribution in [0, 0.1) is 5.92 Å². The van der Waals surface area contributed by atoms with Gasteiger partial charge in [0.2, 0.25) is 0 Å². The molecule has 2 aromatic carbocycles. The van der Waals surface area contributed by atoms with Gasteiger partial charge in [0.05, 0.1) is 23.2 Å². The Labute approximate surface area is 200 Å². The van der Waals surface area contributed by atoms with Gasteiger partial charge in [-0.3, -0.25) is 9.52 Å². The number of benzene rings is 2. The number of hydrogen-bond acceptors (Lipinski definition) is 5. The van der Waals surface area contributed by atoms with E-state index in [1.165, 1.54) is 11.9 Å². The maximum Gasteiger partial charge on any atom is 0.184 e. The van der Waals surface area contributed by atoms with E-state index >= 15 is 0 Å². The molecule has 0 aliphatic rings. The molecule has 0 aromatic heterocycles. The molecular weight excluding hydrogens is 453 g/mol. The Hall–Kier alpha value is -1.40. The second-order valence-electron chi connectivity index (χ2n) is 8.10. The van der Waals surface area contributed by atoms with Crippen molar-refractivity contribution in [2.45, 2.75) is 39.5 Å². The van der Waals surface area contributed by atoms with Crippen LogP contribution in [-0.4, -0.2) is 31.8 Å². The highest BCUT2D eigenvalue weighted by atomic mass is 35.5. The first-order chi connectivity index (χ1) is 14.7. The molecular formula is C24H31Cl2NO3S. The maximum atomic E-state index is 11.7. The highest BCUT2D eigenvalue weighted by Crippen LogP contribution is 2.40. The number of carbonyl (C=O) groups is 1. The highest BCUT2D eigenvalue weighted by molar-refractivity contribution is 7.96. The summed E-state index contributed by atoms with van der Waals surface area (Å²) >= 11 is 14.4. The molecule has 0 saturated heterocycles. The molecule has 0 radical (unpaired) electrons. The van der Waals surface area contributed by atoms with Gasteiger partial charge in [-0.05, 0) is 47.6 Å². The fourth-order valence-electron chi connectivity index (χ4n) is 2.90. The standard InChI is InChI=1S/C24H31Cl2NO3S/c1-6-16(2)14-30-23-21(25)11-18(12-22(23)26)24(3,4)17-7-9-20(10-8-17)29-15-19(28)13-27-31-5/h7-12,16,27H,6,13-15H2,1-5H3. The Balaban J connectivity index is 2.12. The summed E-state index contributed by atoms with van der Waals surface area (Å²) in [7, 11) is 0. The molecule has 4 nitrogen and oxygen atoms in total. The summed E-state index contributed by atoms with van der Waals surface area (Å²) in [5.41, 5.74) is 1.74. The van der Waals surface area contributed by atoms with Gasteiger partial charge in [0.1, 0.15) is 12.4 Å². The van der Waals surface area contributed by atoms with E-state index in [9.17, 15) is 4.79 Å². The molecule has 0 fully saturated rings. The number of ether oxygens (including phenoxy) is 2. The second kappa shape index (κ2) is 12.0. The van der Waals surface area contributed by atoms with E-state index in [0.29, 0.717) is 34.1 Å². The van der Waals surface area contributed by atoms with Crippen LogP contribution in [0.2, 0.25) is 10.0 Å². The van der Waals surface area contributed by atoms with Gasteiger partial charge < -0.3 is 9.47 Å². The molecule has 0 spiro atoms. The smallest absolute Gasteiger partial charge is 0.184 e. The molecule has 1 N–H and O–H groups in total. The van der Waals surface area contributed by atoms with Crippen molar-refractivity contribution in [2.24, 2.45) is 5.92 Å². The van der Waals surface area contributed by atoms with Crippen LogP contribution in [0.1, 0.15) is 45.2 Å². The van der Waals surface area contributed by atoms with Crippen molar-refractivity contribution in [2.75, 3.05) is 26.0 Å². The van der Waals surface area contributed by atoms with Gasteiger partial charge in [-0.15, -0.1) is 0 Å². The SMILES string of the molecule is CCC(C)COc1c(Cl)cc(C(C)(C)c2ccc(OCC(=O)CNSC)cc2)cc1Cl. The van der Waals surface area contributed by atoms with Crippen molar-refractivity contribution in [3.8, 4) is 11.5 Å². The van der Waals surface area contributed by atoms with Gasteiger partial charge in [-0.2, -0.15) is 0 Å². The van der Waals surface area contributed by atoms with Crippen LogP contribution < -0.4 is 14.2 Å². The zero-order valence-electron chi connectivity index (χ0n) is 18.8. The lowest BCUT2D eigenvalue weighted by molar-refractivity contribution is -0.119. The van der Waals surface area contributed by atoms with E-state index in [4.69, 9.17) is 32.7 Å². The minimum Gasteiger partial charge on any atom is -0.490 e. The van der Waals surface area contributed by atoms with Crippen LogP contribution in [0.25, 0.3) is 0 Å². The molecule has 0 saturated carbocycles. The highest BCUT2D eigenvalue weighted by Gasteiger charge is 2.26. The van der Waals surface area contributed by atoms with E-state index in [0.717, 1.165) is 17.5 Å². The summed E-state index contributed by atoms with van der Waals surface area (Å²) in [6, 6.07) is 11.6. The molecule has 1 unspecified atom stereocenters. The van der Waals surface area contributed by atoms with Gasteiger partial charge >= 0.3 is 0 Å². The number of hydrogen-bond donors (Lipinski definition) is 1. The Morgan fingerprint density at radius 3 is 2.26 bits per heavy atom. The summed E-state index contributed by atoms with van der Waals surface area (Å²) in [6.45, 7) is 9.38. The van der Waals surface area contributed by atoms with Crippen LogP contribution in [0.15, 0.2) is 36.4 Å². The number of carbonyl (C=O) groups excluding carboxylic acids is 1. The van der Waals surface area contributed by atoms with E-state index in [1.807, 2.05) is 42.7 Å². The predicted molar refractivity (Wildman–Crippen MR) is 132 cm³/mol. The third kappa shape index (κ3) is 7.31. The third-order valence-corrected chi connectivity index (χ3v) is 6.31. The van der Waals surface area contributed by atoms with E-state index in [1.54, 1.807) is 0 Å². The van der Waals surface area contributed by atoms with E-state index in [2.05, 4.69) is 32.4 Å². The zero-order valence-corrected chi connectivity index (χ0v) is 21.1. The maximum absolute atomic E-state index is 11.7. The summed E-state index contributed by atoms with van der Waals surface area (Å²) in [6.07, 6.45) is 2.91. The molecule has 0 aliphatic heterocycles. The number of Topliss-reactive ketones (excluding diaryl/α,β-unsaturated/α-hetero) is 1. The molecule has 7 heteroatoms. The van der Waals surface area contributed by atoms with Gasteiger partial charge in [-0.25, -0.2) is 0 Å². The minimum atomic E-state index is -0.334. The van der Waals surface area contributed by atoms with Crippen molar-refractivity contribution in [1.82, 2.24) is 4.72 Å². The van der Waals surface area contributed by atoms with Crippen LogP contribution in [-0.2, 0) is 10.2 Å². The fraction of sp³-hybridized carbons (Fsp3) is 0.458. The van der Waals surface area contributed by atoms with Gasteiger partial charge in [0.15, 0.2) is 11.5 Å². The summed E-state index contributed by atoms with van der Waals surface area (Å²) in [5, 5.41) is 1.02. The monoisotopic (exact) mass is 483 g/mol. The first kappa shape index (κ1) is 25.9. The van der Waals surface area contributed by atoms with E-state index in [-0.39, 0.29) is 24.3 Å². The Kier molecular flexibility index (Phi) is 10.0. The Morgan fingerprint density at radius 1 is 1.10 bits per heavy atom. The van der Waals surface area contributed by atoms with Crippen LogP contribution in [0.3, 0.4) is 0 Å². The predicted octanol–water partition coefficient (Wildman–Crippen LogP) is 6.56.